The van der Waals surface area contributed by atoms with Gasteiger partial charge in [0.25, 0.3) is 0 Å². The molecule has 1 saturated carbocycles. The van der Waals surface area contributed by atoms with Crippen LogP contribution in [0.5, 0.6) is 11.5 Å². The van der Waals surface area contributed by atoms with E-state index >= 15 is 0 Å². The van der Waals surface area contributed by atoms with Gasteiger partial charge in [-0.25, -0.2) is 14.8 Å². The quantitative estimate of drug-likeness (QED) is 0.181. The minimum Gasteiger partial charge on any atom is -0.497 e. The molecule has 3 aromatic rings. The number of likely N-dealkylation sites (tertiary alicyclic amines) is 1. The zero-order valence-electron chi connectivity index (χ0n) is 32.2. The van der Waals surface area contributed by atoms with Crippen LogP contribution in [0.3, 0.4) is 0 Å². The van der Waals surface area contributed by atoms with E-state index in [4.69, 9.17) is 23.9 Å². The van der Waals surface area contributed by atoms with Crippen molar-refractivity contribution in [3.05, 3.63) is 42.3 Å². The Labute approximate surface area is 319 Å². The molecule has 3 heterocycles. The van der Waals surface area contributed by atoms with Gasteiger partial charge in [-0.3, -0.25) is 19.2 Å². The number of ether oxygens (including phenoxy) is 4. The van der Waals surface area contributed by atoms with Crippen molar-refractivity contribution in [2.45, 2.75) is 91.0 Å². The van der Waals surface area contributed by atoms with Crippen molar-refractivity contribution in [3.8, 4) is 22.9 Å². The van der Waals surface area contributed by atoms with E-state index < -0.39 is 58.4 Å². The molecule has 15 heteroatoms. The van der Waals surface area contributed by atoms with Gasteiger partial charge in [-0.05, 0) is 44.7 Å². The van der Waals surface area contributed by atoms with Crippen LogP contribution in [0.1, 0.15) is 67.7 Å². The monoisotopic (exact) mass is 763 g/mol. The van der Waals surface area contributed by atoms with E-state index in [2.05, 4.69) is 22.2 Å². The van der Waals surface area contributed by atoms with E-state index in [1.165, 1.54) is 30.3 Å². The molecule has 1 unspecified atom stereocenters. The van der Waals surface area contributed by atoms with E-state index in [0.29, 0.717) is 45.3 Å². The Morgan fingerprint density at radius 2 is 1.80 bits per heavy atom. The third-order valence-corrected chi connectivity index (χ3v) is 10.3. The van der Waals surface area contributed by atoms with Crippen molar-refractivity contribution in [1.29, 1.82) is 0 Å². The van der Waals surface area contributed by atoms with Crippen LogP contribution in [0.15, 0.2) is 42.3 Å². The number of aromatic nitrogens is 2. The molecular formula is C39H49N5O9S. The van der Waals surface area contributed by atoms with Crippen LogP contribution in [0.25, 0.3) is 22.3 Å². The Bertz CT molecular complexity index is 1970. The number of rotatable bonds is 12. The summed E-state index contributed by atoms with van der Waals surface area (Å²) < 4.78 is 22.8. The third kappa shape index (κ3) is 8.83. The highest BCUT2D eigenvalue weighted by atomic mass is 32.1. The fourth-order valence-electron chi connectivity index (χ4n) is 6.69. The predicted octanol–water partition coefficient (Wildman–Crippen LogP) is 5.30. The molecule has 2 aromatic heterocycles. The van der Waals surface area contributed by atoms with Crippen molar-refractivity contribution in [2.24, 2.45) is 17.3 Å². The lowest BCUT2D eigenvalue weighted by Gasteiger charge is -2.35. The molecule has 290 valence electrons. The fraction of sp³-hybridized carbons (Fsp3) is 0.513. The lowest BCUT2D eigenvalue weighted by Crippen LogP contribution is -2.55. The first-order valence-electron chi connectivity index (χ1n) is 17.7. The summed E-state index contributed by atoms with van der Waals surface area (Å²) in [4.78, 5) is 77.3. The van der Waals surface area contributed by atoms with E-state index in [-0.39, 0.29) is 31.2 Å². The standard InChI is InChI=1S/C39H49N5O9S/c1-11-22-18-39(22,35(49)51-10)43-33(47)30-15-24(19-44(30)34(48)26(37(3,4)5)16-32(46)53-38(6,7)8)52-31-17-28(29-20-54-36(42-29)40-21(2)45)41-27-14-23(50-9)12-13-25(27)31/h11-14,17,20,22,24,26,30H,1,15-16,18-19H2,2-10H3,(H,43,47)(H,40,42,45)/t22?,24-,26-,30+,39-/m1/s1. The van der Waals surface area contributed by atoms with Gasteiger partial charge in [-0.2, -0.15) is 0 Å². The van der Waals surface area contributed by atoms with Crippen molar-refractivity contribution >= 4 is 57.0 Å². The predicted molar refractivity (Wildman–Crippen MR) is 203 cm³/mol. The summed E-state index contributed by atoms with van der Waals surface area (Å²) in [5.74, 6) is -2.54. The number of carbonyl (C=O) groups excluding carboxylic acids is 5. The minimum atomic E-state index is -1.29. The Kier molecular flexibility index (Phi) is 11.4. The number of nitrogens with one attached hydrogen (secondary N) is 2. The summed E-state index contributed by atoms with van der Waals surface area (Å²) in [6.45, 7) is 16.1. The molecule has 2 N–H and O–H groups in total. The second-order valence-electron chi connectivity index (χ2n) is 15.8. The Morgan fingerprint density at radius 3 is 2.39 bits per heavy atom. The van der Waals surface area contributed by atoms with Gasteiger partial charge >= 0.3 is 11.9 Å². The molecule has 0 spiro atoms. The van der Waals surface area contributed by atoms with Crippen molar-refractivity contribution in [1.82, 2.24) is 20.2 Å². The highest BCUT2D eigenvalue weighted by molar-refractivity contribution is 7.14. The molecular weight excluding hydrogens is 715 g/mol. The van der Waals surface area contributed by atoms with Crippen LogP contribution in [0.4, 0.5) is 5.13 Å². The number of hydrogen-bond acceptors (Lipinski definition) is 12. The first-order chi connectivity index (χ1) is 25.3. The van der Waals surface area contributed by atoms with Crippen LogP contribution >= 0.6 is 11.3 Å². The number of fused-ring (bicyclic) bond motifs is 1. The number of pyridine rings is 1. The molecule has 5 rings (SSSR count). The number of benzene rings is 1. The van der Waals surface area contributed by atoms with Gasteiger partial charge in [0.2, 0.25) is 17.7 Å². The fourth-order valence-corrected chi connectivity index (χ4v) is 7.44. The number of esters is 2. The van der Waals surface area contributed by atoms with Crippen molar-refractivity contribution in [2.75, 3.05) is 26.1 Å². The van der Waals surface area contributed by atoms with Crippen LogP contribution in [-0.4, -0.2) is 88.6 Å². The molecule has 1 saturated heterocycles. The molecule has 14 nitrogen and oxygen atoms in total. The summed E-state index contributed by atoms with van der Waals surface area (Å²) in [5.41, 5.74) is -1.22. The van der Waals surface area contributed by atoms with Gasteiger partial charge in [0.15, 0.2) is 5.13 Å². The van der Waals surface area contributed by atoms with Crippen molar-refractivity contribution in [3.63, 3.8) is 0 Å². The van der Waals surface area contributed by atoms with Crippen molar-refractivity contribution < 1.29 is 42.9 Å². The first-order valence-corrected chi connectivity index (χ1v) is 18.6. The highest BCUT2D eigenvalue weighted by Gasteiger charge is 2.62. The lowest BCUT2D eigenvalue weighted by atomic mass is 9.77. The smallest absolute Gasteiger partial charge is 0.332 e. The van der Waals surface area contributed by atoms with E-state index in [0.717, 1.165) is 0 Å². The molecule has 1 aliphatic carbocycles. The Morgan fingerprint density at radius 1 is 1.07 bits per heavy atom. The number of methoxy groups -OCH3 is 2. The average molecular weight is 764 g/mol. The normalized spacial score (nSPS) is 21.5. The number of thiazole rings is 1. The van der Waals surface area contributed by atoms with E-state index in [1.807, 2.05) is 26.8 Å². The molecule has 3 amide bonds. The highest BCUT2D eigenvalue weighted by Crippen LogP contribution is 2.46. The number of carbonyl (C=O) groups is 5. The molecule has 1 aromatic carbocycles. The molecule has 0 bridgehead atoms. The second-order valence-corrected chi connectivity index (χ2v) is 16.7. The Balaban J connectivity index is 1.52. The summed E-state index contributed by atoms with van der Waals surface area (Å²) in [7, 11) is 2.80. The first kappa shape index (κ1) is 40.1. The summed E-state index contributed by atoms with van der Waals surface area (Å²) in [6.07, 6.45) is 1.10. The molecule has 0 radical (unpaired) electrons. The number of anilines is 1. The van der Waals surface area contributed by atoms with Gasteiger partial charge in [0.1, 0.15) is 40.5 Å². The summed E-state index contributed by atoms with van der Waals surface area (Å²) in [6, 6.07) is 6.02. The third-order valence-electron chi connectivity index (χ3n) is 9.50. The lowest BCUT2D eigenvalue weighted by molar-refractivity contribution is -0.161. The summed E-state index contributed by atoms with van der Waals surface area (Å²) in [5, 5.41) is 8.39. The van der Waals surface area contributed by atoms with Crippen LogP contribution in [0.2, 0.25) is 0 Å². The molecule has 2 aliphatic rings. The number of amides is 3. The van der Waals surface area contributed by atoms with Crippen LogP contribution < -0.4 is 20.1 Å². The Hall–Kier alpha value is -5.05. The number of hydrogen-bond donors (Lipinski definition) is 2. The van der Waals surface area contributed by atoms with Gasteiger partial charge in [-0.15, -0.1) is 17.9 Å². The van der Waals surface area contributed by atoms with E-state index in [9.17, 15) is 24.0 Å². The maximum absolute atomic E-state index is 14.6. The van der Waals surface area contributed by atoms with Crippen LogP contribution in [0, 0.1) is 17.3 Å². The minimum absolute atomic E-state index is 0.00656. The molecule has 5 atom stereocenters. The maximum Gasteiger partial charge on any atom is 0.332 e. The topological polar surface area (TPSA) is 175 Å². The zero-order valence-corrected chi connectivity index (χ0v) is 33.0. The van der Waals surface area contributed by atoms with Crippen LogP contribution in [-0.2, 0) is 33.4 Å². The van der Waals surface area contributed by atoms with Gasteiger partial charge in [0.05, 0.1) is 44.3 Å². The molecule has 1 aliphatic heterocycles. The van der Waals surface area contributed by atoms with Gasteiger partial charge in [-0.1, -0.05) is 26.8 Å². The number of nitrogens with zero attached hydrogens (tertiary/aromatic N) is 3. The van der Waals surface area contributed by atoms with Gasteiger partial charge < -0.3 is 34.5 Å². The zero-order chi connectivity index (χ0) is 39.7. The second kappa shape index (κ2) is 15.4. The molecule has 54 heavy (non-hydrogen) atoms. The average Bonchev–Trinajstić information content (AvgIpc) is 3.36. The maximum atomic E-state index is 14.6. The SMILES string of the molecule is C=CC1C[C@]1(NC(=O)[C@@H]1C[C@@H](Oc2cc(-c3csc(NC(C)=O)n3)nc3cc(OC)ccc23)CN1C(=O)[C@@H](CC(=O)OC(C)(C)C)C(C)(C)C)C(=O)OC. The largest absolute Gasteiger partial charge is 0.497 e. The molecule has 2 fully saturated rings. The summed E-state index contributed by atoms with van der Waals surface area (Å²) >= 11 is 1.25. The van der Waals surface area contributed by atoms with E-state index in [1.54, 1.807) is 57.5 Å². The van der Waals surface area contributed by atoms with Gasteiger partial charge in [0, 0.05) is 42.2 Å².